The maximum Gasteiger partial charge on any atom is 0.264 e. The molecule has 1 aliphatic heterocycles. The van der Waals surface area contributed by atoms with E-state index in [0.29, 0.717) is 0 Å². The Morgan fingerprint density at radius 1 is 1.47 bits per heavy atom. The number of nitrogens with two attached hydrogens (primary N) is 1. The third-order valence-corrected chi connectivity index (χ3v) is 3.56. The lowest BCUT2D eigenvalue weighted by molar-refractivity contribution is 0.149. The Kier molecular flexibility index (Phi) is 3.33. The molecular weight excluding hydrogens is 218 g/mol. The van der Waals surface area contributed by atoms with Gasteiger partial charge in [-0.2, -0.15) is 11.3 Å². The molecule has 0 amide bonds. The summed E-state index contributed by atoms with van der Waals surface area (Å²) in [5, 5.41) is 6.57. The third-order valence-electron chi connectivity index (χ3n) is 2.78. The summed E-state index contributed by atoms with van der Waals surface area (Å²) >= 11 is 1.33. The van der Waals surface area contributed by atoms with Gasteiger partial charge in [-0.25, -0.2) is 8.78 Å². The summed E-state index contributed by atoms with van der Waals surface area (Å²) in [6, 6.07) is 0.130. The molecule has 2 unspecified atom stereocenters. The summed E-state index contributed by atoms with van der Waals surface area (Å²) in [4.78, 5) is 0. The van der Waals surface area contributed by atoms with Crippen LogP contribution in [0.4, 0.5) is 8.78 Å². The molecule has 0 bridgehead atoms. The van der Waals surface area contributed by atoms with Crippen LogP contribution in [-0.2, 0) is 0 Å². The van der Waals surface area contributed by atoms with Crippen LogP contribution in [0.25, 0.3) is 0 Å². The molecule has 2 nitrogen and oxygen atoms in total. The van der Waals surface area contributed by atoms with E-state index in [1.165, 1.54) is 16.7 Å². The number of thiophene rings is 1. The summed E-state index contributed by atoms with van der Waals surface area (Å²) in [5.41, 5.74) is 6.72. The molecule has 0 spiro atoms. The lowest BCUT2D eigenvalue weighted by Gasteiger charge is -2.28. The van der Waals surface area contributed by atoms with Crippen LogP contribution in [0.2, 0.25) is 0 Å². The Balaban J connectivity index is 2.17. The largest absolute Gasteiger partial charge is 0.328 e. The van der Waals surface area contributed by atoms with Gasteiger partial charge in [0, 0.05) is 17.6 Å². The second-order valence-corrected chi connectivity index (χ2v) is 4.62. The van der Waals surface area contributed by atoms with Crippen molar-refractivity contribution < 1.29 is 8.78 Å². The number of alkyl halides is 2. The Labute approximate surface area is 91.5 Å². The number of halogens is 2. The molecule has 0 saturated carbocycles. The zero-order valence-corrected chi connectivity index (χ0v) is 9.07. The smallest absolute Gasteiger partial charge is 0.264 e. The Morgan fingerprint density at radius 2 is 2.27 bits per heavy atom. The first-order chi connectivity index (χ1) is 7.18. The van der Waals surface area contributed by atoms with Crippen LogP contribution >= 0.6 is 11.3 Å². The third kappa shape index (κ3) is 2.35. The van der Waals surface area contributed by atoms with Crippen molar-refractivity contribution >= 4 is 11.3 Å². The van der Waals surface area contributed by atoms with E-state index in [9.17, 15) is 8.78 Å². The first kappa shape index (κ1) is 11.0. The van der Waals surface area contributed by atoms with E-state index in [0.717, 1.165) is 24.9 Å². The first-order valence-corrected chi connectivity index (χ1v) is 5.96. The number of hydrogen-bond donors (Lipinski definition) is 2. The molecule has 3 N–H and O–H groups in total. The molecule has 2 rings (SSSR count). The standard InChI is InChI=1S/C10H14F2N2S/c11-10(12)8-5-15-4-7(8)9-3-6(13)1-2-14-9/h4-6,9-10,14H,1-3,13H2. The van der Waals surface area contributed by atoms with E-state index >= 15 is 0 Å². The fourth-order valence-electron chi connectivity index (χ4n) is 1.96. The molecule has 0 aliphatic carbocycles. The molecule has 15 heavy (non-hydrogen) atoms. The lowest BCUT2D eigenvalue weighted by Crippen LogP contribution is -2.38. The predicted molar refractivity (Wildman–Crippen MR) is 57.2 cm³/mol. The lowest BCUT2D eigenvalue weighted by atomic mass is 9.94. The topological polar surface area (TPSA) is 38.0 Å². The minimum Gasteiger partial charge on any atom is -0.328 e. The average molecular weight is 232 g/mol. The highest BCUT2D eigenvalue weighted by molar-refractivity contribution is 7.08. The van der Waals surface area contributed by atoms with E-state index in [1.807, 2.05) is 0 Å². The monoisotopic (exact) mass is 232 g/mol. The molecule has 0 radical (unpaired) electrons. The van der Waals surface area contributed by atoms with Crippen LogP contribution in [0.5, 0.6) is 0 Å². The van der Waals surface area contributed by atoms with Gasteiger partial charge in [-0.3, -0.25) is 0 Å². The van der Waals surface area contributed by atoms with Gasteiger partial charge >= 0.3 is 0 Å². The maximum absolute atomic E-state index is 12.7. The van der Waals surface area contributed by atoms with Gasteiger partial charge in [0.2, 0.25) is 0 Å². The Bertz CT molecular complexity index is 327. The fourth-order valence-corrected chi connectivity index (χ4v) is 2.86. The molecule has 1 aromatic rings. The normalized spacial score (nSPS) is 27.2. The number of rotatable bonds is 2. The van der Waals surface area contributed by atoms with Crippen molar-refractivity contribution in [1.29, 1.82) is 0 Å². The van der Waals surface area contributed by atoms with Crippen LogP contribution in [0.15, 0.2) is 10.8 Å². The Morgan fingerprint density at radius 3 is 2.93 bits per heavy atom. The molecule has 1 fully saturated rings. The first-order valence-electron chi connectivity index (χ1n) is 5.01. The second kappa shape index (κ2) is 4.55. The minimum absolute atomic E-state index is 0.00370. The van der Waals surface area contributed by atoms with Crippen molar-refractivity contribution in [2.24, 2.45) is 5.73 Å². The predicted octanol–water partition coefficient (Wildman–Crippen LogP) is 2.44. The van der Waals surface area contributed by atoms with Crippen LogP contribution in [0, 0.1) is 0 Å². The molecule has 1 aromatic heterocycles. The summed E-state index contributed by atoms with van der Waals surface area (Å²) in [5.74, 6) is 0. The zero-order chi connectivity index (χ0) is 10.8. The van der Waals surface area contributed by atoms with Crippen LogP contribution in [0.1, 0.15) is 36.4 Å². The van der Waals surface area contributed by atoms with Gasteiger partial charge in [-0.05, 0) is 35.7 Å². The highest BCUT2D eigenvalue weighted by Gasteiger charge is 2.25. The van der Waals surface area contributed by atoms with E-state index in [2.05, 4.69) is 5.32 Å². The van der Waals surface area contributed by atoms with E-state index < -0.39 is 6.43 Å². The van der Waals surface area contributed by atoms with Gasteiger partial charge < -0.3 is 11.1 Å². The van der Waals surface area contributed by atoms with E-state index in [1.54, 1.807) is 5.38 Å². The minimum atomic E-state index is -2.38. The summed E-state index contributed by atoms with van der Waals surface area (Å²) in [6.45, 7) is 0.810. The van der Waals surface area contributed by atoms with Crippen molar-refractivity contribution in [3.8, 4) is 0 Å². The number of hydrogen-bond acceptors (Lipinski definition) is 3. The van der Waals surface area contributed by atoms with E-state index in [-0.39, 0.29) is 17.6 Å². The number of nitrogens with one attached hydrogen (secondary N) is 1. The van der Waals surface area contributed by atoms with Crippen molar-refractivity contribution in [3.05, 3.63) is 21.9 Å². The summed E-state index contributed by atoms with van der Waals surface area (Å²) in [7, 11) is 0. The second-order valence-electron chi connectivity index (χ2n) is 3.87. The molecule has 5 heteroatoms. The highest BCUT2D eigenvalue weighted by atomic mass is 32.1. The number of piperidine rings is 1. The van der Waals surface area contributed by atoms with Gasteiger partial charge in [0.1, 0.15) is 0 Å². The average Bonchev–Trinajstić information content (AvgIpc) is 2.65. The molecule has 1 saturated heterocycles. The van der Waals surface area contributed by atoms with Gasteiger partial charge in [-0.1, -0.05) is 0 Å². The molecule has 1 aliphatic rings. The van der Waals surface area contributed by atoms with Crippen molar-refractivity contribution in [2.75, 3.05) is 6.54 Å². The molecule has 0 aromatic carbocycles. The van der Waals surface area contributed by atoms with Crippen molar-refractivity contribution in [3.63, 3.8) is 0 Å². The maximum atomic E-state index is 12.7. The van der Waals surface area contributed by atoms with Crippen LogP contribution in [0.3, 0.4) is 0 Å². The van der Waals surface area contributed by atoms with Crippen molar-refractivity contribution in [2.45, 2.75) is 31.4 Å². The molecule has 84 valence electrons. The quantitative estimate of drug-likeness (QED) is 0.822. The molecule has 2 heterocycles. The van der Waals surface area contributed by atoms with Crippen LogP contribution < -0.4 is 11.1 Å². The van der Waals surface area contributed by atoms with Gasteiger partial charge in [-0.15, -0.1) is 0 Å². The summed E-state index contributed by atoms with van der Waals surface area (Å²) in [6.07, 6.45) is -0.715. The van der Waals surface area contributed by atoms with Gasteiger partial charge in [0.05, 0.1) is 0 Å². The van der Waals surface area contributed by atoms with E-state index in [4.69, 9.17) is 5.73 Å². The zero-order valence-electron chi connectivity index (χ0n) is 8.25. The highest BCUT2D eigenvalue weighted by Crippen LogP contribution is 2.33. The van der Waals surface area contributed by atoms with Gasteiger partial charge in [0.25, 0.3) is 6.43 Å². The van der Waals surface area contributed by atoms with Crippen molar-refractivity contribution in [1.82, 2.24) is 5.32 Å². The van der Waals surface area contributed by atoms with Gasteiger partial charge in [0.15, 0.2) is 0 Å². The fraction of sp³-hybridized carbons (Fsp3) is 0.600. The molecular formula is C10H14F2N2S. The molecule has 2 atom stereocenters. The summed E-state index contributed by atoms with van der Waals surface area (Å²) < 4.78 is 25.3. The van der Waals surface area contributed by atoms with Crippen LogP contribution in [-0.4, -0.2) is 12.6 Å². The Hall–Kier alpha value is -0.520. The SMILES string of the molecule is NC1CCNC(c2cscc2C(F)F)C1.